The van der Waals surface area contributed by atoms with Crippen molar-refractivity contribution in [1.29, 1.82) is 0 Å². The van der Waals surface area contributed by atoms with Crippen molar-refractivity contribution in [2.24, 2.45) is 0 Å². The van der Waals surface area contributed by atoms with Crippen molar-refractivity contribution in [2.45, 2.75) is 6.18 Å². The Morgan fingerprint density at radius 3 is 2.17 bits per heavy atom. The van der Waals surface area contributed by atoms with E-state index in [9.17, 15) is 22.8 Å². The lowest BCUT2D eigenvalue weighted by Crippen LogP contribution is -2.36. The Balaban J connectivity index is 1.87. The number of likely N-dealkylation sites (N-methyl/N-ethyl adjacent to an activating group) is 1. The summed E-state index contributed by atoms with van der Waals surface area (Å²) in [5, 5.41) is 5.55. The predicted octanol–water partition coefficient (Wildman–Crippen LogP) is 3.88. The molecular formula is C19H19ClF3N3O3. The molecule has 0 bridgehead atoms. The Kier molecular flexibility index (Phi) is 7.46. The minimum atomic E-state index is -4.44. The number of alkyl halides is 3. The van der Waals surface area contributed by atoms with Crippen molar-refractivity contribution in [3.05, 3.63) is 53.1 Å². The van der Waals surface area contributed by atoms with Crippen LogP contribution in [0.15, 0.2) is 42.5 Å². The average molecular weight is 430 g/mol. The second-order valence-electron chi connectivity index (χ2n) is 6.19. The lowest BCUT2D eigenvalue weighted by Gasteiger charge is -2.17. The molecule has 6 nitrogen and oxygen atoms in total. The predicted molar refractivity (Wildman–Crippen MR) is 104 cm³/mol. The quantitative estimate of drug-likeness (QED) is 0.701. The number of rotatable bonds is 7. The molecule has 0 heterocycles. The maximum Gasteiger partial charge on any atom is 0.416 e. The van der Waals surface area contributed by atoms with Crippen LogP contribution in [0.2, 0.25) is 5.02 Å². The van der Waals surface area contributed by atoms with Crippen LogP contribution < -0.4 is 15.4 Å². The van der Waals surface area contributed by atoms with Crippen molar-refractivity contribution in [1.82, 2.24) is 4.90 Å². The highest BCUT2D eigenvalue weighted by atomic mass is 35.5. The van der Waals surface area contributed by atoms with Gasteiger partial charge in [-0.15, -0.1) is 0 Å². The molecule has 0 fully saturated rings. The molecule has 0 spiro atoms. The van der Waals surface area contributed by atoms with Gasteiger partial charge in [-0.1, -0.05) is 11.6 Å². The maximum atomic E-state index is 12.6. The summed E-state index contributed by atoms with van der Waals surface area (Å²) in [6.45, 7) is -0.239. The lowest BCUT2D eigenvalue weighted by molar-refractivity contribution is -0.137. The first kappa shape index (κ1) is 22.5. The van der Waals surface area contributed by atoms with E-state index in [-0.39, 0.29) is 18.8 Å². The summed E-state index contributed by atoms with van der Waals surface area (Å²) in [6, 6.07) is 8.86. The Bertz CT molecular complexity index is 873. The van der Waals surface area contributed by atoms with Gasteiger partial charge in [-0.25, -0.2) is 0 Å². The molecule has 0 aliphatic rings. The van der Waals surface area contributed by atoms with Crippen molar-refractivity contribution in [2.75, 3.05) is 37.9 Å². The van der Waals surface area contributed by atoms with Crippen LogP contribution in [0.1, 0.15) is 5.56 Å². The molecule has 2 aromatic carbocycles. The van der Waals surface area contributed by atoms with Crippen LogP contribution >= 0.6 is 11.6 Å². The molecule has 2 aromatic rings. The normalized spacial score (nSPS) is 11.3. The number of hydrogen-bond donors (Lipinski definition) is 2. The Hall–Kier alpha value is -2.78. The first-order valence-electron chi connectivity index (χ1n) is 8.37. The molecule has 0 aliphatic heterocycles. The summed E-state index contributed by atoms with van der Waals surface area (Å²) >= 11 is 5.91. The topological polar surface area (TPSA) is 70.7 Å². The van der Waals surface area contributed by atoms with E-state index in [1.165, 1.54) is 30.2 Å². The Labute approximate surface area is 170 Å². The van der Waals surface area contributed by atoms with Gasteiger partial charge in [0.15, 0.2) is 0 Å². The largest absolute Gasteiger partial charge is 0.495 e. The number of ether oxygens (including phenoxy) is 1. The second kappa shape index (κ2) is 9.62. The number of carbonyl (C=O) groups excluding carboxylic acids is 2. The average Bonchev–Trinajstić information content (AvgIpc) is 2.61. The number of nitrogens with zero attached hydrogens (tertiary/aromatic N) is 1. The highest BCUT2D eigenvalue weighted by Crippen LogP contribution is 2.30. The molecule has 0 aliphatic carbocycles. The number of anilines is 2. The third kappa shape index (κ3) is 6.95. The molecule has 0 radical (unpaired) electrons. The molecule has 0 atom stereocenters. The lowest BCUT2D eigenvalue weighted by atomic mass is 10.2. The van der Waals surface area contributed by atoms with Gasteiger partial charge >= 0.3 is 6.18 Å². The van der Waals surface area contributed by atoms with Crippen LogP contribution in [0.4, 0.5) is 24.5 Å². The van der Waals surface area contributed by atoms with Crippen molar-refractivity contribution in [3.63, 3.8) is 0 Å². The molecule has 0 saturated carbocycles. The fraction of sp³-hybridized carbons (Fsp3) is 0.263. The molecule has 2 N–H and O–H groups in total. The molecule has 156 valence electrons. The number of carbonyl (C=O) groups is 2. The molecular weight excluding hydrogens is 411 g/mol. The maximum absolute atomic E-state index is 12.6. The summed E-state index contributed by atoms with van der Waals surface area (Å²) in [7, 11) is 3.01. The van der Waals surface area contributed by atoms with Gasteiger partial charge in [0.2, 0.25) is 11.8 Å². The number of halogens is 4. The van der Waals surface area contributed by atoms with Gasteiger partial charge in [0.05, 0.1) is 31.5 Å². The first-order valence-corrected chi connectivity index (χ1v) is 8.75. The van der Waals surface area contributed by atoms with Crippen LogP contribution in [-0.2, 0) is 15.8 Å². The summed E-state index contributed by atoms with van der Waals surface area (Å²) in [5.74, 6) is -0.429. The Morgan fingerprint density at radius 1 is 1.03 bits per heavy atom. The van der Waals surface area contributed by atoms with Gasteiger partial charge in [-0.3, -0.25) is 14.5 Å². The zero-order chi connectivity index (χ0) is 21.6. The number of methoxy groups -OCH3 is 1. The number of hydrogen-bond acceptors (Lipinski definition) is 4. The van der Waals surface area contributed by atoms with E-state index >= 15 is 0 Å². The standard InChI is InChI=1S/C19H19ClF3N3O3/c1-26(11-18(28)25-15-9-13(20)5-8-16(15)29-2)10-17(27)24-14-6-3-12(4-7-14)19(21,22)23/h3-9H,10-11H2,1-2H3,(H,24,27)(H,25,28). The van der Waals surface area contributed by atoms with Gasteiger partial charge in [0, 0.05) is 10.7 Å². The van der Waals surface area contributed by atoms with E-state index < -0.39 is 23.6 Å². The van der Waals surface area contributed by atoms with Crippen molar-refractivity contribution >= 4 is 34.8 Å². The van der Waals surface area contributed by atoms with Crippen LogP contribution in [0, 0.1) is 0 Å². The van der Waals surface area contributed by atoms with E-state index in [1.807, 2.05) is 0 Å². The minimum Gasteiger partial charge on any atom is -0.495 e. The van der Waals surface area contributed by atoms with E-state index in [1.54, 1.807) is 19.2 Å². The van der Waals surface area contributed by atoms with Gasteiger partial charge in [-0.05, 0) is 49.5 Å². The monoisotopic (exact) mass is 429 g/mol. The molecule has 10 heteroatoms. The summed E-state index contributed by atoms with van der Waals surface area (Å²) in [6.07, 6.45) is -4.44. The fourth-order valence-electron chi connectivity index (χ4n) is 2.46. The third-order valence-corrected chi connectivity index (χ3v) is 3.99. The van der Waals surface area contributed by atoms with Crippen molar-refractivity contribution in [3.8, 4) is 5.75 Å². The van der Waals surface area contributed by atoms with E-state index in [4.69, 9.17) is 16.3 Å². The number of amides is 2. The third-order valence-electron chi connectivity index (χ3n) is 3.76. The SMILES string of the molecule is COc1ccc(Cl)cc1NC(=O)CN(C)CC(=O)Nc1ccc(C(F)(F)F)cc1. The number of nitrogens with one attached hydrogen (secondary N) is 2. The summed E-state index contributed by atoms with van der Waals surface area (Å²) < 4.78 is 42.8. The van der Waals surface area contributed by atoms with Crippen LogP contribution in [-0.4, -0.2) is 44.0 Å². The molecule has 0 unspecified atom stereocenters. The van der Waals surface area contributed by atoms with Crippen molar-refractivity contribution < 1.29 is 27.5 Å². The molecule has 2 rings (SSSR count). The van der Waals surface area contributed by atoms with Crippen LogP contribution in [0.3, 0.4) is 0 Å². The summed E-state index contributed by atoms with van der Waals surface area (Å²) in [5.41, 5.74) is -0.183. The van der Waals surface area contributed by atoms with Gasteiger partial charge in [0.25, 0.3) is 0 Å². The van der Waals surface area contributed by atoms with E-state index in [0.29, 0.717) is 16.5 Å². The van der Waals surface area contributed by atoms with Crippen LogP contribution in [0.5, 0.6) is 5.75 Å². The molecule has 2 amide bonds. The first-order chi connectivity index (χ1) is 13.6. The Morgan fingerprint density at radius 2 is 1.62 bits per heavy atom. The molecule has 0 saturated heterocycles. The van der Waals surface area contributed by atoms with Gasteiger partial charge < -0.3 is 15.4 Å². The second-order valence-corrected chi connectivity index (χ2v) is 6.62. The summed E-state index contributed by atoms with van der Waals surface area (Å²) in [4.78, 5) is 25.7. The highest BCUT2D eigenvalue weighted by Gasteiger charge is 2.30. The van der Waals surface area contributed by atoms with E-state index in [2.05, 4.69) is 10.6 Å². The minimum absolute atomic E-state index is 0.101. The van der Waals surface area contributed by atoms with Crippen LogP contribution in [0.25, 0.3) is 0 Å². The number of benzene rings is 2. The fourth-order valence-corrected chi connectivity index (χ4v) is 2.63. The zero-order valence-corrected chi connectivity index (χ0v) is 16.4. The van der Waals surface area contributed by atoms with E-state index in [0.717, 1.165) is 12.1 Å². The van der Waals surface area contributed by atoms with Gasteiger partial charge in [0.1, 0.15) is 5.75 Å². The zero-order valence-electron chi connectivity index (χ0n) is 15.6. The smallest absolute Gasteiger partial charge is 0.416 e. The van der Waals surface area contributed by atoms with Gasteiger partial charge in [-0.2, -0.15) is 13.2 Å². The molecule has 0 aromatic heterocycles. The molecule has 29 heavy (non-hydrogen) atoms. The highest BCUT2D eigenvalue weighted by molar-refractivity contribution is 6.31.